The normalized spacial score (nSPS) is 15.2. The first-order valence-corrected chi connectivity index (χ1v) is 8.50. The van der Waals surface area contributed by atoms with E-state index in [1.54, 1.807) is 10.7 Å². The summed E-state index contributed by atoms with van der Waals surface area (Å²) in [7, 11) is 0. The van der Waals surface area contributed by atoms with E-state index in [0.717, 1.165) is 60.0 Å². The summed E-state index contributed by atoms with van der Waals surface area (Å²) in [5.74, 6) is 1.57. The Morgan fingerprint density at radius 1 is 1.20 bits per heavy atom. The van der Waals surface area contributed by atoms with E-state index in [2.05, 4.69) is 15.7 Å². The first-order valence-electron chi connectivity index (χ1n) is 8.50. The minimum Gasteiger partial charge on any atom is -0.492 e. The standard InChI is InChI=1S/C18H21N5O2/c24-12-13-8-14-10-15(9-13)25-7-5-19-3-1-4-20-17-2-6-23-18(22-17)16(14)11-21-23/h2,6,8-11,19,24H,1,3-5,7,12H2,(H,20,22). The van der Waals surface area contributed by atoms with Crippen LogP contribution in [-0.2, 0) is 6.61 Å². The first-order chi connectivity index (χ1) is 12.3. The molecule has 0 spiro atoms. The Bertz CT molecular complexity index is 877. The fraction of sp³-hybridized carbons (Fsp3) is 0.333. The van der Waals surface area contributed by atoms with Crippen molar-refractivity contribution in [2.75, 3.05) is 31.6 Å². The van der Waals surface area contributed by atoms with E-state index in [4.69, 9.17) is 9.72 Å². The average molecular weight is 339 g/mol. The van der Waals surface area contributed by atoms with Gasteiger partial charge in [0, 0.05) is 24.8 Å². The van der Waals surface area contributed by atoms with Crippen molar-refractivity contribution >= 4 is 11.5 Å². The predicted molar refractivity (Wildman–Crippen MR) is 95.8 cm³/mol. The Morgan fingerprint density at radius 2 is 2.16 bits per heavy atom. The molecule has 7 nitrogen and oxygen atoms in total. The molecule has 0 saturated carbocycles. The largest absolute Gasteiger partial charge is 0.492 e. The number of anilines is 1. The van der Waals surface area contributed by atoms with Crippen molar-refractivity contribution in [1.82, 2.24) is 19.9 Å². The van der Waals surface area contributed by atoms with Gasteiger partial charge in [0.05, 0.1) is 12.8 Å². The van der Waals surface area contributed by atoms with Crippen LogP contribution in [-0.4, -0.2) is 45.9 Å². The second kappa shape index (κ2) is 7.08. The highest BCUT2D eigenvalue weighted by atomic mass is 16.5. The van der Waals surface area contributed by atoms with Gasteiger partial charge in [-0.05, 0) is 48.4 Å². The Labute approximate surface area is 145 Å². The fourth-order valence-corrected chi connectivity index (χ4v) is 2.96. The lowest BCUT2D eigenvalue weighted by molar-refractivity contribution is 0.279. The number of hydrogen-bond donors (Lipinski definition) is 3. The van der Waals surface area contributed by atoms with Crippen LogP contribution < -0.4 is 15.4 Å². The zero-order valence-corrected chi connectivity index (χ0v) is 13.9. The number of fused-ring (bicyclic) bond motifs is 4. The number of hydrogen-bond acceptors (Lipinski definition) is 6. The number of aromatic nitrogens is 3. The molecule has 25 heavy (non-hydrogen) atoms. The van der Waals surface area contributed by atoms with Crippen molar-refractivity contribution in [3.05, 3.63) is 42.2 Å². The van der Waals surface area contributed by atoms with E-state index in [-0.39, 0.29) is 6.61 Å². The molecule has 0 saturated heterocycles. The van der Waals surface area contributed by atoms with Crippen molar-refractivity contribution in [3.8, 4) is 16.9 Å². The zero-order chi connectivity index (χ0) is 17.1. The van der Waals surface area contributed by atoms with Crippen molar-refractivity contribution in [1.29, 1.82) is 0 Å². The SMILES string of the molecule is OCc1cc2cc(c1)-c1cnn3ccc(nc13)NCCCNCCO2. The van der Waals surface area contributed by atoms with E-state index in [1.165, 1.54) is 0 Å². The number of ether oxygens (including phenoxy) is 1. The van der Waals surface area contributed by atoms with Crippen LogP contribution in [0.4, 0.5) is 5.82 Å². The highest BCUT2D eigenvalue weighted by molar-refractivity contribution is 5.78. The van der Waals surface area contributed by atoms with Gasteiger partial charge in [0.2, 0.25) is 0 Å². The zero-order valence-electron chi connectivity index (χ0n) is 13.9. The van der Waals surface area contributed by atoms with E-state index in [0.29, 0.717) is 6.61 Å². The van der Waals surface area contributed by atoms with Crippen molar-refractivity contribution < 1.29 is 9.84 Å². The summed E-state index contributed by atoms with van der Waals surface area (Å²) in [4.78, 5) is 4.70. The summed E-state index contributed by atoms with van der Waals surface area (Å²) in [5.41, 5.74) is 3.43. The molecular formula is C18H21N5O2. The molecule has 4 rings (SSSR count). The predicted octanol–water partition coefficient (Wildman–Crippen LogP) is 1.67. The molecule has 130 valence electrons. The summed E-state index contributed by atoms with van der Waals surface area (Å²) >= 11 is 0. The van der Waals surface area contributed by atoms with Crippen molar-refractivity contribution in [2.24, 2.45) is 0 Å². The number of benzene rings is 1. The Kier molecular flexibility index (Phi) is 4.49. The van der Waals surface area contributed by atoms with Crippen LogP contribution in [0.15, 0.2) is 36.7 Å². The molecule has 1 aliphatic rings. The van der Waals surface area contributed by atoms with Gasteiger partial charge >= 0.3 is 0 Å². The molecule has 3 N–H and O–H groups in total. The molecule has 0 fully saturated rings. The number of nitrogens with one attached hydrogen (secondary N) is 2. The Balaban J connectivity index is 1.82. The summed E-state index contributed by atoms with van der Waals surface area (Å²) < 4.78 is 7.61. The topological polar surface area (TPSA) is 83.7 Å². The minimum absolute atomic E-state index is 0.0398. The third-order valence-corrected chi connectivity index (χ3v) is 4.21. The molecule has 0 unspecified atom stereocenters. The van der Waals surface area contributed by atoms with Gasteiger partial charge in [-0.25, -0.2) is 9.50 Å². The van der Waals surface area contributed by atoms with Crippen LogP contribution in [0.1, 0.15) is 12.0 Å². The van der Waals surface area contributed by atoms with E-state index < -0.39 is 0 Å². The Morgan fingerprint density at radius 3 is 3.08 bits per heavy atom. The van der Waals surface area contributed by atoms with Gasteiger partial charge in [0.15, 0.2) is 5.65 Å². The maximum atomic E-state index is 9.58. The Hall–Kier alpha value is -2.64. The number of aliphatic hydroxyl groups is 1. The van der Waals surface area contributed by atoms with Crippen molar-refractivity contribution in [2.45, 2.75) is 13.0 Å². The smallest absolute Gasteiger partial charge is 0.165 e. The van der Waals surface area contributed by atoms with Gasteiger partial charge < -0.3 is 20.5 Å². The molecule has 2 aromatic heterocycles. The molecule has 7 heteroatoms. The van der Waals surface area contributed by atoms with Crippen LogP contribution in [0.3, 0.4) is 0 Å². The maximum absolute atomic E-state index is 9.58. The van der Waals surface area contributed by atoms with Crippen LogP contribution in [0.2, 0.25) is 0 Å². The lowest BCUT2D eigenvalue weighted by Gasteiger charge is -2.10. The number of aliphatic hydroxyl groups excluding tert-OH is 1. The highest BCUT2D eigenvalue weighted by Gasteiger charge is 2.12. The first kappa shape index (κ1) is 15.9. The van der Waals surface area contributed by atoms with Gasteiger partial charge in [0.1, 0.15) is 18.2 Å². The lowest BCUT2D eigenvalue weighted by atomic mass is 10.1. The van der Waals surface area contributed by atoms with Crippen LogP contribution in [0.25, 0.3) is 16.8 Å². The molecule has 3 heterocycles. The van der Waals surface area contributed by atoms with E-state index >= 15 is 0 Å². The third-order valence-electron chi connectivity index (χ3n) is 4.21. The monoisotopic (exact) mass is 339 g/mol. The third kappa shape index (κ3) is 3.42. The minimum atomic E-state index is -0.0398. The van der Waals surface area contributed by atoms with E-state index in [9.17, 15) is 5.11 Å². The summed E-state index contributed by atoms with van der Waals surface area (Å²) in [6, 6.07) is 7.71. The lowest BCUT2D eigenvalue weighted by Crippen LogP contribution is -2.23. The molecule has 1 aliphatic heterocycles. The summed E-state index contributed by atoms with van der Waals surface area (Å²) in [6.07, 6.45) is 4.70. The highest BCUT2D eigenvalue weighted by Crippen LogP contribution is 2.29. The van der Waals surface area contributed by atoms with Gasteiger partial charge in [-0.1, -0.05) is 0 Å². The molecule has 3 aromatic rings. The molecule has 0 aliphatic carbocycles. The molecular weight excluding hydrogens is 318 g/mol. The maximum Gasteiger partial charge on any atom is 0.165 e. The van der Waals surface area contributed by atoms with E-state index in [1.807, 2.05) is 30.5 Å². The second-order valence-electron chi connectivity index (χ2n) is 6.04. The molecule has 0 amide bonds. The summed E-state index contributed by atoms with van der Waals surface area (Å²) in [6.45, 7) is 3.09. The van der Waals surface area contributed by atoms with Crippen LogP contribution >= 0.6 is 0 Å². The second-order valence-corrected chi connectivity index (χ2v) is 6.04. The molecule has 0 radical (unpaired) electrons. The number of nitrogens with zero attached hydrogens (tertiary/aromatic N) is 3. The molecule has 4 bridgehead atoms. The van der Waals surface area contributed by atoms with Gasteiger partial charge in [-0.2, -0.15) is 5.10 Å². The van der Waals surface area contributed by atoms with Crippen molar-refractivity contribution in [3.63, 3.8) is 0 Å². The number of rotatable bonds is 1. The molecule has 1 aromatic carbocycles. The average Bonchev–Trinajstić information content (AvgIpc) is 3.06. The van der Waals surface area contributed by atoms with Crippen LogP contribution in [0.5, 0.6) is 5.75 Å². The van der Waals surface area contributed by atoms with Gasteiger partial charge in [0.25, 0.3) is 0 Å². The van der Waals surface area contributed by atoms with Gasteiger partial charge in [-0.3, -0.25) is 0 Å². The fourth-order valence-electron chi connectivity index (χ4n) is 2.96. The molecule has 0 atom stereocenters. The summed E-state index contributed by atoms with van der Waals surface area (Å²) in [5, 5.41) is 20.7. The van der Waals surface area contributed by atoms with Gasteiger partial charge in [-0.15, -0.1) is 0 Å². The quantitative estimate of drug-likeness (QED) is 0.626. The van der Waals surface area contributed by atoms with Crippen LogP contribution in [0, 0.1) is 0 Å².